The van der Waals surface area contributed by atoms with Crippen LogP contribution < -0.4 is 5.43 Å². The number of hydrogen-bond donors (Lipinski definition) is 4. The molecule has 0 saturated heterocycles. The van der Waals surface area contributed by atoms with E-state index < -0.39 is 36.2 Å². The summed E-state index contributed by atoms with van der Waals surface area (Å²) in [6, 6.07) is 12.1. The third-order valence-corrected chi connectivity index (χ3v) is 5.19. The Labute approximate surface area is 204 Å². The SMILES string of the molecule is CN(C)C(=O)c1cc(C(=O)NN(Cc2ccc(-c3cc(Cl)ccc3F)cc2)C[C@@H](O)C(=O)O)[nH]n1. The van der Waals surface area contributed by atoms with Gasteiger partial charge >= 0.3 is 5.97 Å². The minimum atomic E-state index is -1.78. The molecule has 35 heavy (non-hydrogen) atoms. The van der Waals surface area contributed by atoms with Crippen LogP contribution in [0.2, 0.25) is 5.02 Å². The molecule has 0 fully saturated rings. The molecule has 0 bridgehead atoms. The molecule has 0 radical (unpaired) electrons. The number of H-pyrrole nitrogens is 1. The summed E-state index contributed by atoms with van der Waals surface area (Å²) in [5.41, 5.74) is 4.04. The number of aromatic nitrogens is 2. The van der Waals surface area contributed by atoms with Gasteiger partial charge in [0.05, 0.1) is 6.54 Å². The molecule has 1 heterocycles. The van der Waals surface area contributed by atoms with E-state index >= 15 is 0 Å². The number of aliphatic carboxylic acids is 1. The number of hydrogen-bond acceptors (Lipinski definition) is 6. The molecule has 0 aliphatic rings. The lowest BCUT2D eigenvalue weighted by molar-refractivity contribution is -0.148. The number of nitrogens with one attached hydrogen (secondary N) is 2. The van der Waals surface area contributed by atoms with E-state index in [2.05, 4.69) is 15.6 Å². The van der Waals surface area contributed by atoms with Gasteiger partial charge in [-0.1, -0.05) is 35.9 Å². The number of carboxylic acid groups (broad SMARTS) is 1. The highest BCUT2D eigenvalue weighted by Crippen LogP contribution is 2.26. The van der Waals surface area contributed by atoms with Gasteiger partial charge in [-0.15, -0.1) is 0 Å². The molecule has 4 N–H and O–H groups in total. The third-order valence-electron chi connectivity index (χ3n) is 4.95. The molecule has 1 aromatic heterocycles. The highest BCUT2D eigenvalue weighted by atomic mass is 35.5. The maximum atomic E-state index is 14.2. The van der Waals surface area contributed by atoms with Gasteiger partial charge in [-0.2, -0.15) is 5.10 Å². The molecule has 12 heteroatoms. The Kier molecular flexibility index (Phi) is 8.18. The van der Waals surface area contributed by atoms with Crippen LogP contribution in [0.5, 0.6) is 0 Å². The topological polar surface area (TPSA) is 139 Å². The highest BCUT2D eigenvalue weighted by molar-refractivity contribution is 6.30. The molecule has 1 atom stereocenters. The van der Waals surface area contributed by atoms with Crippen molar-refractivity contribution in [2.45, 2.75) is 12.6 Å². The number of nitrogens with zero attached hydrogens (tertiary/aromatic N) is 3. The quantitative estimate of drug-likeness (QED) is 0.328. The van der Waals surface area contributed by atoms with Crippen LogP contribution in [-0.2, 0) is 11.3 Å². The fraction of sp³-hybridized carbons (Fsp3) is 0.217. The normalized spacial score (nSPS) is 11.8. The molecule has 0 spiro atoms. The Hall–Kier alpha value is -3.80. The standard InChI is InChI=1S/C23H23ClFN5O5/c1-29(2)22(33)19-10-18(26-27-19)21(32)28-30(12-20(31)23(34)35)11-13-3-5-14(6-4-13)16-9-15(24)7-8-17(16)25/h3-10,20,31H,11-12H2,1-2H3,(H,26,27)(H,28,32)(H,34,35)/t20-/m1/s1. The van der Waals surface area contributed by atoms with Gasteiger partial charge in [0.2, 0.25) is 0 Å². The molecule has 2 aromatic carbocycles. The van der Waals surface area contributed by atoms with Crippen LogP contribution in [0.25, 0.3) is 11.1 Å². The van der Waals surface area contributed by atoms with Crippen LogP contribution in [0.1, 0.15) is 26.5 Å². The number of benzene rings is 2. The van der Waals surface area contributed by atoms with Crippen molar-refractivity contribution in [2.24, 2.45) is 0 Å². The summed E-state index contributed by atoms with van der Waals surface area (Å²) < 4.78 is 14.2. The van der Waals surface area contributed by atoms with Crippen molar-refractivity contribution in [3.8, 4) is 11.1 Å². The van der Waals surface area contributed by atoms with Crippen LogP contribution in [0.15, 0.2) is 48.5 Å². The van der Waals surface area contributed by atoms with E-state index in [0.717, 1.165) is 0 Å². The minimum Gasteiger partial charge on any atom is -0.479 e. The first-order valence-electron chi connectivity index (χ1n) is 10.3. The van der Waals surface area contributed by atoms with Gasteiger partial charge in [0.1, 0.15) is 11.5 Å². The first kappa shape index (κ1) is 25.8. The smallest absolute Gasteiger partial charge is 0.333 e. The molecular formula is C23H23ClFN5O5. The van der Waals surface area contributed by atoms with Crippen molar-refractivity contribution in [1.82, 2.24) is 25.5 Å². The molecule has 10 nitrogen and oxygen atoms in total. The van der Waals surface area contributed by atoms with Crippen molar-refractivity contribution in [2.75, 3.05) is 20.6 Å². The number of halogens is 2. The second kappa shape index (κ2) is 11.1. The maximum absolute atomic E-state index is 14.2. The molecule has 0 unspecified atom stereocenters. The van der Waals surface area contributed by atoms with Gasteiger partial charge in [0.15, 0.2) is 11.8 Å². The number of carbonyl (C=O) groups excluding carboxylic acids is 2. The zero-order valence-corrected chi connectivity index (χ0v) is 19.6. The summed E-state index contributed by atoms with van der Waals surface area (Å²) in [5.74, 6) is -3.00. The number of carboxylic acids is 1. The number of hydrazine groups is 1. The lowest BCUT2D eigenvalue weighted by atomic mass is 10.0. The van der Waals surface area contributed by atoms with Crippen molar-refractivity contribution >= 4 is 29.4 Å². The van der Waals surface area contributed by atoms with Gasteiger partial charge in [-0.3, -0.25) is 20.1 Å². The number of aromatic amines is 1. The molecule has 3 aromatic rings. The number of amides is 2. The van der Waals surface area contributed by atoms with Crippen LogP contribution in [-0.4, -0.2) is 74.8 Å². The second-order valence-electron chi connectivity index (χ2n) is 7.86. The van der Waals surface area contributed by atoms with Gasteiger partial charge < -0.3 is 15.1 Å². The summed E-state index contributed by atoms with van der Waals surface area (Å²) in [6.45, 7) is -0.407. The number of aliphatic hydroxyl groups is 1. The minimum absolute atomic E-state index is 0.0199. The van der Waals surface area contributed by atoms with E-state index in [1.807, 2.05) is 0 Å². The Bertz CT molecular complexity index is 1230. The van der Waals surface area contributed by atoms with Crippen LogP contribution in [0.3, 0.4) is 0 Å². The molecule has 184 valence electrons. The molecule has 0 aliphatic carbocycles. The van der Waals surface area contributed by atoms with E-state index in [4.69, 9.17) is 16.7 Å². The predicted octanol–water partition coefficient (Wildman–Crippen LogP) is 2.16. The van der Waals surface area contributed by atoms with E-state index in [1.165, 1.54) is 48.3 Å². The highest BCUT2D eigenvalue weighted by Gasteiger charge is 2.22. The molecule has 0 saturated carbocycles. The van der Waals surface area contributed by atoms with Crippen molar-refractivity contribution in [3.63, 3.8) is 0 Å². The fourth-order valence-electron chi connectivity index (χ4n) is 3.15. The summed E-state index contributed by atoms with van der Waals surface area (Å²) in [7, 11) is 3.08. The largest absolute Gasteiger partial charge is 0.479 e. The first-order chi connectivity index (χ1) is 16.5. The average molecular weight is 504 g/mol. The van der Waals surface area contributed by atoms with Gasteiger partial charge in [0, 0.05) is 37.3 Å². The Morgan fingerprint density at radius 2 is 1.83 bits per heavy atom. The zero-order valence-electron chi connectivity index (χ0n) is 18.8. The Morgan fingerprint density at radius 3 is 2.46 bits per heavy atom. The van der Waals surface area contributed by atoms with E-state index in [0.29, 0.717) is 21.7 Å². The molecular weight excluding hydrogens is 481 g/mol. The molecule has 3 rings (SSSR count). The van der Waals surface area contributed by atoms with Crippen molar-refractivity contribution in [3.05, 3.63) is 76.3 Å². The average Bonchev–Trinajstić information content (AvgIpc) is 3.31. The Morgan fingerprint density at radius 1 is 1.14 bits per heavy atom. The number of carbonyl (C=O) groups is 3. The summed E-state index contributed by atoms with van der Waals surface area (Å²) in [5, 5.41) is 26.8. The van der Waals surface area contributed by atoms with Crippen LogP contribution in [0, 0.1) is 5.82 Å². The van der Waals surface area contributed by atoms with Gasteiger partial charge in [0.25, 0.3) is 11.8 Å². The van der Waals surface area contributed by atoms with E-state index in [9.17, 15) is 23.9 Å². The van der Waals surface area contributed by atoms with E-state index in [-0.39, 0.29) is 17.9 Å². The van der Waals surface area contributed by atoms with Crippen LogP contribution in [0.4, 0.5) is 4.39 Å². The Balaban J connectivity index is 1.77. The predicted molar refractivity (Wildman–Crippen MR) is 125 cm³/mol. The molecule has 0 aliphatic heterocycles. The molecule has 2 amide bonds. The van der Waals surface area contributed by atoms with Crippen molar-refractivity contribution < 1.29 is 29.0 Å². The van der Waals surface area contributed by atoms with Gasteiger partial charge in [-0.05, 0) is 29.3 Å². The van der Waals surface area contributed by atoms with Crippen molar-refractivity contribution in [1.29, 1.82) is 0 Å². The van der Waals surface area contributed by atoms with Crippen LogP contribution >= 0.6 is 11.6 Å². The maximum Gasteiger partial charge on any atom is 0.333 e. The van der Waals surface area contributed by atoms with E-state index in [1.54, 1.807) is 24.3 Å². The second-order valence-corrected chi connectivity index (χ2v) is 8.30. The monoisotopic (exact) mass is 503 g/mol. The first-order valence-corrected chi connectivity index (χ1v) is 10.7. The number of rotatable bonds is 9. The lowest BCUT2D eigenvalue weighted by Gasteiger charge is -2.24. The zero-order chi connectivity index (χ0) is 25.7. The summed E-state index contributed by atoms with van der Waals surface area (Å²) in [4.78, 5) is 37.1. The summed E-state index contributed by atoms with van der Waals surface area (Å²) in [6.07, 6.45) is -1.78. The summed E-state index contributed by atoms with van der Waals surface area (Å²) >= 11 is 5.96. The fourth-order valence-corrected chi connectivity index (χ4v) is 3.32. The van der Waals surface area contributed by atoms with Gasteiger partial charge in [-0.25, -0.2) is 14.2 Å². The lowest BCUT2D eigenvalue weighted by Crippen LogP contribution is -2.47. The third kappa shape index (κ3) is 6.63. The number of aliphatic hydroxyl groups excluding tert-OH is 1.